The van der Waals surface area contributed by atoms with Crippen molar-refractivity contribution in [1.29, 1.82) is 0 Å². The lowest BCUT2D eigenvalue weighted by atomic mass is 9.93. The van der Waals surface area contributed by atoms with Crippen molar-refractivity contribution in [2.45, 2.75) is 31.7 Å². The van der Waals surface area contributed by atoms with Crippen LogP contribution in [0.2, 0.25) is 0 Å². The summed E-state index contributed by atoms with van der Waals surface area (Å²) >= 11 is 0. The average molecular weight is 367 g/mol. The maximum atomic E-state index is 13.0. The highest BCUT2D eigenvalue weighted by atomic mass is 32.2. The Morgan fingerprint density at radius 1 is 1.08 bits per heavy atom. The molecule has 0 saturated heterocycles. The highest BCUT2D eigenvalue weighted by molar-refractivity contribution is 7.92. The number of benzene rings is 2. The van der Waals surface area contributed by atoms with Gasteiger partial charge >= 0.3 is 0 Å². The molecule has 6 heteroatoms. The van der Waals surface area contributed by atoms with E-state index >= 15 is 0 Å². The summed E-state index contributed by atoms with van der Waals surface area (Å²) in [5, 5.41) is 4.35. The van der Waals surface area contributed by atoms with Gasteiger partial charge in [0.25, 0.3) is 10.0 Å². The van der Waals surface area contributed by atoms with Gasteiger partial charge in [-0.15, -0.1) is 0 Å². The molecular weight excluding hydrogens is 346 g/mol. The van der Waals surface area contributed by atoms with Gasteiger partial charge in [0.1, 0.15) is 0 Å². The Labute approximate surface area is 153 Å². The Morgan fingerprint density at radius 3 is 2.54 bits per heavy atom. The Bertz CT molecular complexity index is 1080. The molecular formula is C20H21N3O2S. The second kappa shape index (κ2) is 5.99. The molecule has 0 spiro atoms. The minimum absolute atomic E-state index is 0.305. The van der Waals surface area contributed by atoms with Gasteiger partial charge in [0.05, 0.1) is 16.3 Å². The maximum absolute atomic E-state index is 13.0. The van der Waals surface area contributed by atoms with Crippen LogP contribution in [0.4, 0.5) is 5.69 Å². The number of sulfonamides is 1. The monoisotopic (exact) mass is 367 g/mol. The van der Waals surface area contributed by atoms with E-state index in [2.05, 4.69) is 5.10 Å². The SMILES string of the molecule is Cc1ccc(S(=O)(=O)N(C)c2cc(C)c3c(c2)CCn2nccc2-3)cc1. The van der Waals surface area contributed by atoms with E-state index in [1.807, 2.05) is 55.1 Å². The summed E-state index contributed by atoms with van der Waals surface area (Å²) in [5.41, 5.74) is 6.21. The van der Waals surface area contributed by atoms with Crippen molar-refractivity contribution in [1.82, 2.24) is 9.78 Å². The molecule has 0 N–H and O–H groups in total. The standard InChI is InChI=1S/C20H21N3O2S/c1-14-4-6-18(7-5-14)26(24,25)22(3)17-12-15(2)20-16(13-17)9-11-23-19(20)8-10-21-23/h4-8,10,12-13H,9,11H2,1-3H3. The zero-order valence-electron chi connectivity index (χ0n) is 15.1. The molecule has 1 aliphatic rings. The zero-order valence-corrected chi connectivity index (χ0v) is 15.9. The summed E-state index contributed by atoms with van der Waals surface area (Å²) in [6, 6.07) is 12.9. The number of rotatable bonds is 3. The van der Waals surface area contributed by atoms with Crippen molar-refractivity contribution in [3.05, 3.63) is 65.4 Å². The van der Waals surface area contributed by atoms with Crippen molar-refractivity contribution in [2.24, 2.45) is 0 Å². The molecule has 0 atom stereocenters. The van der Waals surface area contributed by atoms with Gasteiger partial charge in [-0.2, -0.15) is 5.10 Å². The van der Waals surface area contributed by atoms with E-state index in [9.17, 15) is 8.42 Å². The molecule has 0 unspecified atom stereocenters. The summed E-state index contributed by atoms with van der Waals surface area (Å²) in [7, 11) is -1.97. The number of hydrogen-bond acceptors (Lipinski definition) is 3. The Hall–Kier alpha value is -2.60. The van der Waals surface area contributed by atoms with E-state index in [1.165, 1.54) is 15.4 Å². The number of aromatic nitrogens is 2. The van der Waals surface area contributed by atoms with Gasteiger partial charge in [0.15, 0.2) is 0 Å². The molecule has 1 aliphatic heterocycles. The second-order valence-electron chi connectivity index (χ2n) is 6.77. The summed E-state index contributed by atoms with van der Waals surface area (Å²) in [6.07, 6.45) is 2.66. The van der Waals surface area contributed by atoms with Crippen LogP contribution in [0.3, 0.4) is 0 Å². The molecule has 26 heavy (non-hydrogen) atoms. The number of anilines is 1. The van der Waals surface area contributed by atoms with Crippen molar-refractivity contribution >= 4 is 15.7 Å². The summed E-state index contributed by atoms with van der Waals surface area (Å²) in [4.78, 5) is 0.305. The van der Waals surface area contributed by atoms with Crippen LogP contribution in [0.5, 0.6) is 0 Å². The van der Waals surface area contributed by atoms with Crippen LogP contribution in [0.1, 0.15) is 16.7 Å². The van der Waals surface area contributed by atoms with Gasteiger partial charge in [0, 0.05) is 25.4 Å². The third-order valence-electron chi connectivity index (χ3n) is 5.01. The van der Waals surface area contributed by atoms with Gasteiger partial charge in [-0.1, -0.05) is 17.7 Å². The molecule has 3 aromatic rings. The van der Waals surface area contributed by atoms with E-state index in [4.69, 9.17) is 0 Å². The van der Waals surface area contributed by atoms with E-state index in [1.54, 1.807) is 19.2 Å². The average Bonchev–Trinajstić information content (AvgIpc) is 3.09. The second-order valence-corrected chi connectivity index (χ2v) is 8.74. The topological polar surface area (TPSA) is 55.2 Å². The smallest absolute Gasteiger partial charge is 0.264 e. The van der Waals surface area contributed by atoms with Gasteiger partial charge in [-0.05, 0) is 61.7 Å². The van der Waals surface area contributed by atoms with Crippen LogP contribution in [0, 0.1) is 13.8 Å². The molecule has 134 valence electrons. The van der Waals surface area contributed by atoms with Crippen LogP contribution in [-0.4, -0.2) is 25.2 Å². The summed E-state index contributed by atoms with van der Waals surface area (Å²) in [6.45, 7) is 4.78. The number of fused-ring (bicyclic) bond motifs is 3. The van der Waals surface area contributed by atoms with Gasteiger partial charge < -0.3 is 0 Å². The first-order chi connectivity index (χ1) is 12.4. The molecule has 4 rings (SSSR count). The first-order valence-electron chi connectivity index (χ1n) is 8.59. The van der Waals surface area contributed by atoms with Gasteiger partial charge in [-0.3, -0.25) is 8.99 Å². The molecule has 1 aromatic heterocycles. The first kappa shape index (κ1) is 16.8. The largest absolute Gasteiger partial charge is 0.269 e. The van der Waals surface area contributed by atoms with Crippen molar-refractivity contribution in [3.63, 3.8) is 0 Å². The number of aryl methyl sites for hydroxylation is 4. The predicted octanol–water partition coefficient (Wildman–Crippen LogP) is 3.55. The summed E-state index contributed by atoms with van der Waals surface area (Å²) < 4.78 is 29.4. The van der Waals surface area contributed by atoms with E-state index in [-0.39, 0.29) is 0 Å². The van der Waals surface area contributed by atoms with Crippen molar-refractivity contribution in [2.75, 3.05) is 11.4 Å². The lowest BCUT2D eigenvalue weighted by molar-refractivity contribution is 0.594. The van der Waals surface area contributed by atoms with Crippen LogP contribution in [0.15, 0.2) is 53.6 Å². The Balaban J connectivity index is 1.77. The van der Waals surface area contributed by atoms with E-state index in [0.717, 1.165) is 29.8 Å². The maximum Gasteiger partial charge on any atom is 0.264 e. The van der Waals surface area contributed by atoms with E-state index < -0.39 is 10.0 Å². The zero-order chi connectivity index (χ0) is 18.5. The number of nitrogens with zero attached hydrogens (tertiary/aromatic N) is 3. The Kier molecular flexibility index (Phi) is 3.88. The number of hydrogen-bond donors (Lipinski definition) is 0. The lowest BCUT2D eigenvalue weighted by Crippen LogP contribution is -2.27. The lowest BCUT2D eigenvalue weighted by Gasteiger charge is -2.25. The predicted molar refractivity (Wildman–Crippen MR) is 103 cm³/mol. The van der Waals surface area contributed by atoms with Crippen LogP contribution in [-0.2, 0) is 23.0 Å². The quantitative estimate of drug-likeness (QED) is 0.711. The fourth-order valence-corrected chi connectivity index (χ4v) is 4.72. The highest BCUT2D eigenvalue weighted by Gasteiger charge is 2.25. The Morgan fingerprint density at radius 2 is 1.81 bits per heavy atom. The minimum atomic E-state index is -3.59. The minimum Gasteiger partial charge on any atom is -0.269 e. The van der Waals surface area contributed by atoms with Gasteiger partial charge in [0.2, 0.25) is 0 Å². The highest BCUT2D eigenvalue weighted by Crippen LogP contribution is 2.36. The molecule has 5 nitrogen and oxygen atoms in total. The molecule has 0 bridgehead atoms. The third kappa shape index (κ3) is 2.61. The van der Waals surface area contributed by atoms with E-state index in [0.29, 0.717) is 10.6 Å². The fraction of sp³-hybridized carbons (Fsp3) is 0.250. The van der Waals surface area contributed by atoms with Crippen LogP contribution < -0.4 is 4.31 Å². The third-order valence-corrected chi connectivity index (χ3v) is 6.81. The van der Waals surface area contributed by atoms with Gasteiger partial charge in [-0.25, -0.2) is 8.42 Å². The summed E-state index contributed by atoms with van der Waals surface area (Å²) in [5.74, 6) is 0. The first-order valence-corrected chi connectivity index (χ1v) is 10.0. The van der Waals surface area contributed by atoms with Crippen molar-refractivity contribution < 1.29 is 8.42 Å². The molecule has 0 amide bonds. The molecule has 2 aromatic carbocycles. The molecule has 0 aliphatic carbocycles. The fourth-order valence-electron chi connectivity index (χ4n) is 3.54. The van der Waals surface area contributed by atoms with Crippen LogP contribution >= 0.6 is 0 Å². The molecule has 0 saturated carbocycles. The van der Waals surface area contributed by atoms with Crippen LogP contribution in [0.25, 0.3) is 11.3 Å². The van der Waals surface area contributed by atoms with Crippen molar-refractivity contribution in [3.8, 4) is 11.3 Å². The molecule has 2 heterocycles. The molecule has 0 radical (unpaired) electrons. The normalized spacial score (nSPS) is 13.2. The molecule has 0 fully saturated rings.